The second kappa shape index (κ2) is 7.30. The summed E-state index contributed by atoms with van der Waals surface area (Å²) in [6, 6.07) is 16.6. The predicted molar refractivity (Wildman–Crippen MR) is 110 cm³/mol. The molecule has 0 aliphatic heterocycles. The van der Waals surface area contributed by atoms with Gasteiger partial charge in [-0.3, -0.25) is 15.2 Å². The number of anilines is 1. The zero-order valence-electron chi connectivity index (χ0n) is 14.9. The molecule has 0 aliphatic rings. The van der Waals surface area contributed by atoms with Gasteiger partial charge in [-0.25, -0.2) is 10.8 Å². The van der Waals surface area contributed by atoms with Crippen LogP contribution in [0.5, 0.6) is 5.75 Å². The largest absolute Gasteiger partial charge is 0.497 e. The lowest BCUT2D eigenvalue weighted by Crippen LogP contribution is -2.18. The van der Waals surface area contributed by atoms with E-state index < -0.39 is 0 Å². The number of H-pyrrole nitrogens is 1. The predicted octanol–water partition coefficient (Wildman–Crippen LogP) is 3.60. The van der Waals surface area contributed by atoms with Gasteiger partial charge in [0.05, 0.1) is 18.2 Å². The number of pyridine rings is 1. The summed E-state index contributed by atoms with van der Waals surface area (Å²) in [4.78, 5) is 24.2. The van der Waals surface area contributed by atoms with Crippen LogP contribution in [0.15, 0.2) is 59.4 Å². The number of fused-ring (bicyclic) bond motifs is 1. The molecule has 4 N–H and O–H groups in total. The molecular formula is C20H16ClN5O2. The summed E-state index contributed by atoms with van der Waals surface area (Å²) < 4.78 is 5.22. The van der Waals surface area contributed by atoms with E-state index >= 15 is 0 Å². The van der Waals surface area contributed by atoms with Crippen molar-refractivity contribution in [2.75, 3.05) is 12.5 Å². The molecule has 140 valence electrons. The number of ether oxygens (including phenoxy) is 1. The Balaban J connectivity index is 2.01. The lowest BCUT2D eigenvalue weighted by Gasteiger charge is -2.11. The molecule has 0 aliphatic carbocycles. The summed E-state index contributed by atoms with van der Waals surface area (Å²) in [7, 11) is 1.60. The molecule has 0 spiro atoms. The molecule has 0 fully saturated rings. The van der Waals surface area contributed by atoms with Gasteiger partial charge in [0.1, 0.15) is 5.75 Å². The minimum atomic E-state index is -0.334. The summed E-state index contributed by atoms with van der Waals surface area (Å²) in [6.45, 7) is 0. The maximum absolute atomic E-state index is 12.7. The average molecular weight is 394 g/mol. The topological polar surface area (TPSA) is 106 Å². The maximum atomic E-state index is 12.7. The summed E-state index contributed by atoms with van der Waals surface area (Å²) in [6.07, 6.45) is 0. The Hall–Kier alpha value is -3.42. The molecule has 0 atom stereocenters. The van der Waals surface area contributed by atoms with Gasteiger partial charge in [0, 0.05) is 16.1 Å². The number of aromatic amines is 1. The Kier molecular flexibility index (Phi) is 4.68. The number of methoxy groups -OCH3 is 1. The van der Waals surface area contributed by atoms with Crippen LogP contribution < -0.4 is 21.6 Å². The first kappa shape index (κ1) is 18.0. The van der Waals surface area contributed by atoms with Crippen molar-refractivity contribution in [3.8, 4) is 28.1 Å². The quantitative estimate of drug-likeness (QED) is 0.361. The number of hydrogen-bond donors (Lipinski definition) is 3. The first-order chi connectivity index (χ1) is 13.6. The van der Waals surface area contributed by atoms with Crippen LogP contribution in [0.3, 0.4) is 0 Å². The highest BCUT2D eigenvalue weighted by Gasteiger charge is 2.15. The third-order valence-corrected chi connectivity index (χ3v) is 4.61. The zero-order valence-corrected chi connectivity index (χ0v) is 15.6. The molecule has 0 bridgehead atoms. The van der Waals surface area contributed by atoms with Crippen molar-refractivity contribution in [2.24, 2.45) is 5.84 Å². The van der Waals surface area contributed by atoms with E-state index in [1.807, 2.05) is 42.5 Å². The van der Waals surface area contributed by atoms with E-state index in [0.29, 0.717) is 21.7 Å². The lowest BCUT2D eigenvalue weighted by atomic mass is 10.00. The molecular weight excluding hydrogens is 378 g/mol. The van der Waals surface area contributed by atoms with Gasteiger partial charge in [0.15, 0.2) is 5.65 Å². The van der Waals surface area contributed by atoms with Crippen molar-refractivity contribution in [3.05, 3.63) is 70.0 Å². The van der Waals surface area contributed by atoms with Crippen LogP contribution in [0.4, 0.5) is 5.95 Å². The number of benzene rings is 2. The number of nitrogens with one attached hydrogen (secondary N) is 2. The number of nitrogens with zero attached hydrogens (tertiary/aromatic N) is 2. The van der Waals surface area contributed by atoms with Gasteiger partial charge >= 0.3 is 0 Å². The van der Waals surface area contributed by atoms with E-state index in [2.05, 4.69) is 20.4 Å². The van der Waals surface area contributed by atoms with E-state index in [0.717, 1.165) is 16.9 Å². The molecule has 0 radical (unpaired) electrons. The minimum Gasteiger partial charge on any atom is -0.497 e. The second-order valence-corrected chi connectivity index (χ2v) is 6.48. The monoisotopic (exact) mass is 393 g/mol. The van der Waals surface area contributed by atoms with Crippen LogP contribution in [0.25, 0.3) is 33.4 Å². The van der Waals surface area contributed by atoms with Gasteiger partial charge in [-0.15, -0.1) is 0 Å². The third-order valence-electron chi connectivity index (χ3n) is 4.35. The van der Waals surface area contributed by atoms with Gasteiger partial charge in [-0.05, 0) is 35.9 Å². The molecule has 2 heterocycles. The highest BCUT2D eigenvalue weighted by Crippen LogP contribution is 2.31. The van der Waals surface area contributed by atoms with E-state index in [1.54, 1.807) is 19.2 Å². The molecule has 0 saturated carbocycles. The van der Waals surface area contributed by atoms with Crippen LogP contribution >= 0.6 is 11.6 Å². The fourth-order valence-electron chi connectivity index (χ4n) is 2.98. The number of nitrogen functional groups attached to an aromatic ring is 1. The van der Waals surface area contributed by atoms with E-state index in [9.17, 15) is 4.79 Å². The van der Waals surface area contributed by atoms with Crippen LogP contribution in [0, 0.1) is 0 Å². The zero-order chi connectivity index (χ0) is 19.7. The number of hydrazine groups is 1. The van der Waals surface area contributed by atoms with Crippen LogP contribution in [-0.2, 0) is 0 Å². The molecule has 2 aromatic carbocycles. The van der Waals surface area contributed by atoms with Gasteiger partial charge in [-0.1, -0.05) is 35.9 Å². The molecule has 8 heteroatoms. The van der Waals surface area contributed by atoms with Crippen LogP contribution in [0.1, 0.15) is 0 Å². The van der Waals surface area contributed by atoms with Crippen molar-refractivity contribution in [1.82, 2.24) is 15.0 Å². The maximum Gasteiger partial charge on any atom is 0.262 e. The fraction of sp³-hybridized carbons (Fsp3) is 0.0500. The van der Waals surface area contributed by atoms with Gasteiger partial charge in [0.2, 0.25) is 5.95 Å². The Labute approximate surface area is 165 Å². The van der Waals surface area contributed by atoms with Crippen LogP contribution in [-0.4, -0.2) is 22.1 Å². The summed E-state index contributed by atoms with van der Waals surface area (Å²) in [5.74, 6) is 6.28. The summed E-state index contributed by atoms with van der Waals surface area (Å²) in [5.41, 5.74) is 5.37. The minimum absolute atomic E-state index is 0.138. The SMILES string of the molecule is COc1ccc(-c2cc(-c3ccc(Cl)cc3)nc3nc(NN)[nH]c(=O)c23)cc1. The van der Waals surface area contributed by atoms with E-state index in [-0.39, 0.29) is 17.2 Å². The number of nitrogens with two attached hydrogens (primary N) is 1. The average Bonchev–Trinajstić information content (AvgIpc) is 2.73. The Morgan fingerprint density at radius 1 is 1.04 bits per heavy atom. The van der Waals surface area contributed by atoms with Crippen molar-refractivity contribution < 1.29 is 4.74 Å². The number of rotatable bonds is 4. The highest BCUT2D eigenvalue weighted by molar-refractivity contribution is 6.30. The first-order valence-corrected chi connectivity index (χ1v) is 8.79. The summed E-state index contributed by atoms with van der Waals surface area (Å²) in [5, 5.41) is 1.01. The molecule has 4 rings (SSSR count). The molecule has 0 saturated heterocycles. The number of aromatic nitrogens is 3. The molecule has 7 nitrogen and oxygen atoms in total. The third kappa shape index (κ3) is 3.28. The Morgan fingerprint density at radius 2 is 1.71 bits per heavy atom. The molecule has 28 heavy (non-hydrogen) atoms. The number of hydrogen-bond acceptors (Lipinski definition) is 6. The molecule has 0 unspecified atom stereocenters. The highest BCUT2D eigenvalue weighted by atomic mass is 35.5. The Bertz CT molecular complexity index is 1200. The lowest BCUT2D eigenvalue weighted by molar-refractivity contribution is 0.415. The first-order valence-electron chi connectivity index (χ1n) is 8.41. The standard InChI is InChI=1S/C20H16ClN5O2/c1-28-14-8-4-11(5-9-14)15-10-16(12-2-6-13(21)7-3-12)23-18-17(15)19(27)25-20(24-18)26-22/h2-10H,22H2,1H3,(H2,23,24,25,26,27). The Morgan fingerprint density at radius 3 is 2.36 bits per heavy atom. The van der Waals surface area contributed by atoms with Crippen molar-refractivity contribution >= 4 is 28.6 Å². The summed E-state index contributed by atoms with van der Waals surface area (Å²) >= 11 is 6.00. The molecule has 2 aromatic heterocycles. The van der Waals surface area contributed by atoms with Gasteiger partial charge in [0.25, 0.3) is 5.56 Å². The van der Waals surface area contributed by atoms with Gasteiger partial charge in [-0.2, -0.15) is 4.98 Å². The molecule has 4 aromatic rings. The smallest absolute Gasteiger partial charge is 0.262 e. The second-order valence-electron chi connectivity index (χ2n) is 6.05. The van der Waals surface area contributed by atoms with Crippen LogP contribution in [0.2, 0.25) is 5.02 Å². The van der Waals surface area contributed by atoms with Crippen molar-refractivity contribution in [1.29, 1.82) is 0 Å². The van der Waals surface area contributed by atoms with Crippen molar-refractivity contribution in [2.45, 2.75) is 0 Å². The molecule has 0 amide bonds. The van der Waals surface area contributed by atoms with E-state index in [4.69, 9.17) is 22.2 Å². The normalized spacial score (nSPS) is 10.8. The van der Waals surface area contributed by atoms with Crippen molar-refractivity contribution in [3.63, 3.8) is 0 Å². The van der Waals surface area contributed by atoms with Gasteiger partial charge < -0.3 is 4.74 Å². The number of halogens is 1. The fourth-order valence-corrected chi connectivity index (χ4v) is 3.10. The van der Waals surface area contributed by atoms with E-state index in [1.165, 1.54) is 0 Å².